The maximum Gasteiger partial charge on any atom is 0.255 e. The summed E-state index contributed by atoms with van der Waals surface area (Å²) in [5.41, 5.74) is 2.83. The molecule has 5 heteroatoms. The van der Waals surface area contributed by atoms with E-state index in [-0.39, 0.29) is 29.0 Å². The highest BCUT2D eigenvalue weighted by molar-refractivity contribution is 6.12. The van der Waals surface area contributed by atoms with Gasteiger partial charge in [0.25, 0.3) is 5.91 Å². The van der Waals surface area contributed by atoms with E-state index in [1.54, 1.807) is 36.4 Å². The molecule has 0 aromatic heterocycles. The van der Waals surface area contributed by atoms with Crippen LogP contribution in [0.3, 0.4) is 0 Å². The van der Waals surface area contributed by atoms with Crippen molar-refractivity contribution in [3.63, 3.8) is 0 Å². The third-order valence-electron chi connectivity index (χ3n) is 5.05. The number of carbonyl (C=O) groups is 2. The van der Waals surface area contributed by atoms with Crippen molar-refractivity contribution in [3.05, 3.63) is 119 Å². The molecule has 37 heavy (non-hydrogen) atoms. The molecule has 3 aromatic rings. The second-order valence-corrected chi connectivity index (χ2v) is 9.81. The summed E-state index contributed by atoms with van der Waals surface area (Å²) in [5.74, 6) is -0.506. The van der Waals surface area contributed by atoms with E-state index in [2.05, 4.69) is 32.7 Å². The summed E-state index contributed by atoms with van der Waals surface area (Å²) >= 11 is 0. The van der Waals surface area contributed by atoms with Gasteiger partial charge in [0.15, 0.2) is 5.78 Å². The highest BCUT2D eigenvalue weighted by Crippen LogP contribution is 2.28. The zero-order chi connectivity index (χ0) is 27.5. The summed E-state index contributed by atoms with van der Waals surface area (Å²) in [7, 11) is 0. The van der Waals surface area contributed by atoms with Gasteiger partial charge in [0.2, 0.25) is 0 Å². The lowest BCUT2D eigenvalue weighted by molar-refractivity contribution is -0.112. The molecular formula is C32H35F2NO2. The van der Waals surface area contributed by atoms with Gasteiger partial charge in [-0.15, -0.1) is 0 Å². The Morgan fingerprint density at radius 3 is 1.92 bits per heavy atom. The lowest BCUT2D eigenvalue weighted by Crippen LogP contribution is -2.16. The molecule has 0 bridgehead atoms. The van der Waals surface area contributed by atoms with Gasteiger partial charge < -0.3 is 5.32 Å². The van der Waals surface area contributed by atoms with Crippen LogP contribution in [0.15, 0.2) is 91.0 Å². The number of amides is 1. The molecule has 1 amide bonds. The van der Waals surface area contributed by atoms with E-state index in [4.69, 9.17) is 0 Å². The van der Waals surface area contributed by atoms with E-state index >= 15 is 0 Å². The number of rotatable bonds is 8. The summed E-state index contributed by atoms with van der Waals surface area (Å²) in [5, 5.41) is 2.82. The van der Waals surface area contributed by atoms with Gasteiger partial charge in [0.05, 0.1) is 0 Å². The molecule has 0 aliphatic rings. The minimum Gasteiger partial charge on any atom is -0.322 e. The standard InChI is InChI=1S/C28H25F2NO2.C4H10/c1-4-25(26(15-18(2)3)19-11-13-22(29)14-12-19)28(33)31-24-10-6-8-21(17-24)27(32)20-7-5-9-23(30)16-20;1-4(2)3/h4-14,16-18H,1,15H2,2-3H3,(H,31,33);4H,1-3H3/b26-25-;. The van der Waals surface area contributed by atoms with Crippen molar-refractivity contribution in [2.45, 2.75) is 41.0 Å². The highest BCUT2D eigenvalue weighted by Gasteiger charge is 2.17. The average molecular weight is 504 g/mol. The molecule has 0 aliphatic carbocycles. The van der Waals surface area contributed by atoms with Crippen molar-refractivity contribution < 1.29 is 18.4 Å². The van der Waals surface area contributed by atoms with Crippen molar-refractivity contribution in [2.24, 2.45) is 11.8 Å². The highest BCUT2D eigenvalue weighted by atomic mass is 19.1. The van der Waals surface area contributed by atoms with Crippen molar-refractivity contribution >= 4 is 23.0 Å². The summed E-state index contributed by atoms with van der Waals surface area (Å²) < 4.78 is 26.9. The van der Waals surface area contributed by atoms with Crippen LogP contribution in [0.1, 0.15) is 62.5 Å². The summed E-state index contributed by atoms with van der Waals surface area (Å²) in [6.45, 7) is 14.4. The topological polar surface area (TPSA) is 46.2 Å². The summed E-state index contributed by atoms with van der Waals surface area (Å²) in [4.78, 5) is 25.9. The summed E-state index contributed by atoms with van der Waals surface area (Å²) in [6.07, 6.45) is 2.08. The SMILES string of the molecule is C=C/C(C(=O)Nc1cccc(C(=O)c2cccc(F)c2)c1)=C(\CC(C)C)c1ccc(F)cc1.CC(C)C. The number of ketones is 1. The molecule has 1 N–H and O–H groups in total. The lowest BCUT2D eigenvalue weighted by Gasteiger charge is -2.16. The Labute approximate surface area is 218 Å². The average Bonchev–Trinajstić information content (AvgIpc) is 2.83. The van der Waals surface area contributed by atoms with Gasteiger partial charge in [0.1, 0.15) is 11.6 Å². The van der Waals surface area contributed by atoms with Crippen LogP contribution in [-0.2, 0) is 4.79 Å². The van der Waals surface area contributed by atoms with Crippen LogP contribution in [0.25, 0.3) is 5.57 Å². The van der Waals surface area contributed by atoms with E-state index < -0.39 is 5.82 Å². The molecule has 194 valence electrons. The molecule has 0 saturated heterocycles. The Morgan fingerprint density at radius 2 is 1.38 bits per heavy atom. The van der Waals surface area contributed by atoms with Crippen LogP contribution in [0.2, 0.25) is 0 Å². The Morgan fingerprint density at radius 1 is 0.811 bits per heavy atom. The number of nitrogens with one attached hydrogen (secondary N) is 1. The van der Waals surface area contributed by atoms with E-state index in [1.807, 2.05) is 13.8 Å². The summed E-state index contributed by atoms with van der Waals surface area (Å²) in [6, 6.07) is 17.9. The second kappa shape index (κ2) is 14.0. The van der Waals surface area contributed by atoms with E-state index in [9.17, 15) is 18.4 Å². The Hall–Kier alpha value is -3.86. The number of benzene rings is 3. The largest absolute Gasteiger partial charge is 0.322 e. The van der Waals surface area contributed by atoms with E-state index in [0.29, 0.717) is 23.2 Å². The third-order valence-corrected chi connectivity index (χ3v) is 5.05. The molecule has 0 unspecified atom stereocenters. The Balaban J connectivity index is 0.00000112. The quantitative estimate of drug-likeness (QED) is 0.190. The van der Waals surface area contributed by atoms with Gasteiger partial charge in [-0.05, 0) is 65.8 Å². The Kier molecular flexibility index (Phi) is 11.1. The van der Waals surface area contributed by atoms with Gasteiger partial charge >= 0.3 is 0 Å². The number of carbonyl (C=O) groups excluding carboxylic acids is 2. The first-order valence-corrected chi connectivity index (χ1v) is 12.3. The van der Waals surface area contributed by atoms with Crippen LogP contribution >= 0.6 is 0 Å². The monoisotopic (exact) mass is 503 g/mol. The fourth-order valence-corrected chi connectivity index (χ4v) is 3.53. The van der Waals surface area contributed by atoms with Gasteiger partial charge in [-0.1, -0.05) is 83.7 Å². The van der Waals surface area contributed by atoms with Crippen LogP contribution in [0, 0.1) is 23.5 Å². The molecular weight excluding hydrogens is 468 g/mol. The normalized spacial score (nSPS) is 11.4. The van der Waals surface area contributed by atoms with Crippen molar-refractivity contribution in [3.8, 4) is 0 Å². The number of anilines is 1. The van der Waals surface area contributed by atoms with Gasteiger partial charge in [-0.3, -0.25) is 9.59 Å². The molecule has 0 heterocycles. The van der Waals surface area contributed by atoms with Crippen LogP contribution < -0.4 is 5.32 Å². The predicted octanol–water partition coefficient (Wildman–Crippen LogP) is 8.48. The van der Waals surface area contributed by atoms with E-state index in [1.165, 1.54) is 42.5 Å². The molecule has 0 aliphatic heterocycles. The van der Waals surface area contributed by atoms with Crippen LogP contribution in [0.4, 0.5) is 14.5 Å². The van der Waals surface area contributed by atoms with Crippen molar-refractivity contribution in [1.29, 1.82) is 0 Å². The molecule has 0 radical (unpaired) electrons. The van der Waals surface area contributed by atoms with Crippen molar-refractivity contribution in [1.82, 2.24) is 0 Å². The maximum atomic E-state index is 13.5. The molecule has 0 fully saturated rings. The Bertz CT molecular complexity index is 1260. The molecule has 3 rings (SSSR count). The van der Waals surface area contributed by atoms with Crippen LogP contribution in [-0.4, -0.2) is 11.7 Å². The minimum absolute atomic E-state index is 0.223. The second-order valence-electron chi connectivity index (χ2n) is 9.81. The van der Waals surface area contributed by atoms with Crippen molar-refractivity contribution in [2.75, 3.05) is 5.32 Å². The lowest BCUT2D eigenvalue weighted by atomic mass is 9.91. The first-order valence-electron chi connectivity index (χ1n) is 12.3. The van der Waals surface area contributed by atoms with E-state index in [0.717, 1.165) is 17.1 Å². The predicted molar refractivity (Wildman–Crippen MR) is 148 cm³/mol. The zero-order valence-electron chi connectivity index (χ0n) is 22.1. The fraction of sp³-hybridized carbons (Fsp3) is 0.250. The molecule has 0 atom stereocenters. The molecule has 0 saturated carbocycles. The van der Waals surface area contributed by atoms with Gasteiger partial charge in [-0.25, -0.2) is 8.78 Å². The van der Waals surface area contributed by atoms with Gasteiger partial charge in [0, 0.05) is 22.4 Å². The first-order chi connectivity index (χ1) is 17.5. The number of hydrogen-bond donors (Lipinski definition) is 1. The fourth-order valence-electron chi connectivity index (χ4n) is 3.53. The number of halogens is 2. The zero-order valence-corrected chi connectivity index (χ0v) is 22.1. The van der Waals surface area contributed by atoms with Crippen LogP contribution in [0.5, 0.6) is 0 Å². The van der Waals surface area contributed by atoms with Gasteiger partial charge in [-0.2, -0.15) is 0 Å². The molecule has 0 spiro atoms. The number of hydrogen-bond acceptors (Lipinski definition) is 2. The molecule has 3 nitrogen and oxygen atoms in total. The minimum atomic E-state index is -0.496. The number of allylic oxidation sites excluding steroid dienone is 1. The maximum absolute atomic E-state index is 13.5. The smallest absolute Gasteiger partial charge is 0.255 e. The molecule has 3 aromatic carbocycles. The third kappa shape index (κ3) is 9.26. The first kappa shape index (κ1) is 29.4.